The fourth-order valence-electron chi connectivity index (χ4n) is 8.18. The summed E-state index contributed by atoms with van der Waals surface area (Å²) in [4.78, 5) is 5.20. The van der Waals surface area contributed by atoms with Gasteiger partial charge in [0, 0.05) is 11.3 Å². The first-order chi connectivity index (χ1) is 25.3. The molecule has 0 amide bonds. The number of terminal acetylenes is 1. The molecule has 1 aromatic heterocycles. The summed E-state index contributed by atoms with van der Waals surface area (Å²) < 4.78 is 2.28. The molecule has 0 saturated carbocycles. The summed E-state index contributed by atoms with van der Waals surface area (Å²) in [5.41, 5.74) is 18.2. The van der Waals surface area contributed by atoms with Gasteiger partial charge in [-0.1, -0.05) is 119 Å². The molecule has 0 saturated heterocycles. The Morgan fingerprint density at radius 1 is 0.596 bits per heavy atom. The van der Waals surface area contributed by atoms with Crippen molar-refractivity contribution in [2.75, 3.05) is 0 Å². The topological polar surface area (TPSA) is 17.8 Å². The van der Waals surface area contributed by atoms with Crippen LogP contribution >= 0.6 is 0 Å². The Labute approximate surface area is 311 Å². The quantitative estimate of drug-likeness (QED) is 0.152. The van der Waals surface area contributed by atoms with Crippen LogP contribution in [0.15, 0.2) is 133 Å². The number of rotatable bonds is 6. The smallest absolute Gasteiger partial charge is 0.149 e. The minimum Gasteiger partial charge on any atom is -0.292 e. The number of hydrogen-bond donors (Lipinski definition) is 0. The maximum atomic E-state index is 5.98. The first-order valence-electron chi connectivity index (χ1n) is 18.1. The van der Waals surface area contributed by atoms with Crippen molar-refractivity contribution in [2.24, 2.45) is 0 Å². The van der Waals surface area contributed by atoms with Crippen LogP contribution in [0.4, 0.5) is 0 Å². The van der Waals surface area contributed by atoms with Gasteiger partial charge in [-0.25, -0.2) is 4.98 Å². The minimum atomic E-state index is 0.806. The molecule has 8 aromatic rings. The van der Waals surface area contributed by atoms with Crippen LogP contribution in [0.3, 0.4) is 0 Å². The maximum Gasteiger partial charge on any atom is 0.149 e. The SMILES string of the molecule is B/C(C#C)=C(\B)c1c(B)c(B)c(B)c(B)c1Cc1c2ccccc2c(-c2cccc(-c3nc4ccccc4n3-c3ccccc3)c2)c2ccccc12. The molecule has 0 unspecified atom stereocenters. The van der Waals surface area contributed by atoms with Crippen LogP contribution in [-0.4, -0.2) is 56.6 Å². The lowest BCUT2D eigenvalue weighted by Gasteiger charge is -2.25. The molecule has 1 heterocycles. The third kappa shape index (κ3) is 5.44. The highest BCUT2D eigenvalue weighted by molar-refractivity contribution is 6.65. The number of imidazole rings is 1. The van der Waals surface area contributed by atoms with Crippen molar-refractivity contribution in [1.82, 2.24) is 9.55 Å². The lowest BCUT2D eigenvalue weighted by atomic mass is 9.59. The molecule has 52 heavy (non-hydrogen) atoms. The van der Waals surface area contributed by atoms with Gasteiger partial charge in [-0.3, -0.25) is 4.57 Å². The third-order valence-corrected chi connectivity index (χ3v) is 11.4. The summed E-state index contributed by atoms with van der Waals surface area (Å²) >= 11 is 0. The highest BCUT2D eigenvalue weighted by Crippen LogP contribution is 2.41. The van der Waals surface area contributed by atoms with Gasteiger partial charge < -0.3 is 0 Å². The van der Waals surface area contributed by atoms with Crippen LogP contribution in [0.25, 0.3) is 66.3 Å². The van der Waals surface area contributed by atoms with E-state index in [1.54, 1.807) is 0 Å². The number of aromatic nitrogens is 2. The van der Waals surface area contributed by atoms with Gasteiger partial charge in [0.05, 0.1) is 11.0 Å². The molecule has 8 heteroatoms. The average molecular weight is 658 g/mol. The fraction of sp³-hybridized carbons (Fsp3) is 0.0227. The second-order valence-corrected chi connectivity index (χ2v) is 14.0. The van der Waals surface area contributed by atoms with Crippen molar-refractivity contribution in [3.63, 3.8) is 0 Å². The molecule has 0 atom stereocenters. The second-order valence-electron chi connectivity index (χ2n) is 14.0. The number of allylic oxidation sites excluding steroid dienone is 1. The van der Waals surface area contributed by atoms with Gasteiger partial charge in [0.25, 0.3) is 0 Å². The molecule has 7 aromatic carbocycles. The Hall–Kier alpha value is -5.78. The molecule has 0 aliphatic heterocycles. The van der Waals surface area contributed by atoms with Gasteiger partial charge in [0.15, 0.2) is 0 Å². The maximum absolute atomic E-state index is 5.98. The van der Waals surface area contributed by atoms with Crippen molar-refractivity contribution in [3.8, 4) is 40.5 Å². The molecule has 2 nitrogen and oxygen atoms in total. The highest BCUT2D eigenvalue weighted by atomic mass is 15.1. The Morgan fingerprint density at radius 3 is 1.85 bits per heavy atom. The summed E-state index contributed by atoms with van der Waals surface area (Å²) in [6.07, 6.45) is 6.79. The van der Waals surface area contributed by atoms with Crippen molar-refractivity contribution in [1.29, 1.82) is 0 Å². The molecular weight excluding hydrogens is 621 g/mol. The Bertz CT molecular complexity index is 2740. The van der Waals surface area contributed by atoms with E-state index >= 15 is 0 Å². The van der Waals surface area contributed by atoms with Gasteiger partial charge in [-0.15, -0.1) is 17.3 Å². The summed E-state index contributed by atoms with van der Waals surface area (Å²) in [5, 5.41) is 5.04. The Kier molecular flexibility index (Phi) is 8.60. The van der Waals surface area contributed by atoms with Gasteiger partial charge in [0.2, 0.25) is 0 Å². The molecule has 0 spiro atoms. The van der Waals surface area contributed by atoms with Gasteiger partial charge >= 0.3 is 0 Å². The first-order valence-corrected chi connectivity index (χ1v) is 18.1. The van der Waals surface area contributed by atoms with E-state index in [0.29, 0.717) is 0 Å². The van der Waals surface area contributed by atoms with E-state index in [-0.39, 0.29) is 0 Å². The Morgan fingerprint density at radius 2 is 1.17 bits per heavy atom. The molecule has 0 radical (unpaired) electrons. The average Bonchev–Trinajstić information content (AvgIpc) is 3.58. The van der Waals surface area contributed by atoms with Gasteiger partial charge in [-0.05, 0) is 91.6 Å². The van der Waals surface area contributed by atoms with E-state index in [1.807, 2.05) is 0 Å². The van der Waals surface area contributed by atoms with E-state index in [2.05, 4.69) is 185 Å². The van der Waals surface area contributed by atoms with Crippen molar-refractivity contribution in [3.05, 3.63) is 150 Å². The number of nitrogens with zero attached hydrogens (tertiary/aromatic N) is 2. The van der Waals surface area contributed by atoms with E-state index in [0.717, 1.165) is 40.0 Å². The Balaban J connectivity index is 1.38. The summed E-state index contributed by atoms with van der Waals surface area (Å²) in [7, 11) is 13.3. The van der Waals surface area contributed by atoms with E-state index in [4.69, 9.17) is 11.4 Å². The lowest BCUT2D eigenvalue weighted by Crippen LogP contribution is -2.50. The van der Waals surface area contributed by atoms with Gasteiger partial charge in [0.1, 0.15) is 52.9 Å². The zero-order chi connectivity index (χ0) is 36.1. The van der Waals surface area contributed by atoms with E-state index in [1.165, 1.54) is 76.7 Å². The summed E-state index contributed by atoms with van der Waals surface area (Å²) in [6, 6.07) is 45.7. The minimum absolute atomic E-state index is 0.806. The molecular formula is C44H36B6N2. The van der Waals surface area contributed by atoms with Crippen molar-refractivity contribution >= 4 is 107 Å². The predicted molar refractivity (Wildman–Crippen MR) is 242 cm³/mol. The van der Waals surface area contributed by atoms with E-state index in [9.17, 15) is 0 Å². The third-order valence-electron chi connectivity index (χ3n) is 11.4. The van der Waals surface area contributed by atoms with Crippen LogP contribution in [0.5, 0.6) is 0 Å². The van der Waals surface area contributed by atoms with Crippen molar-refractivity contribution < 1.29 is 0 Å². The number of para-hydroxylation sites is 3. The van der Waals surface area contributed by atoms with Crippen LogP contribution < -0.4 is 21.9 Å². The zero-order valence-electron chi connectivity index (χ0n) is 30.8. The molecule has 240 valence electrons. The van der Waals surface area contributed by atoms with E-state index < -0.39 is 0 Å². The molecule has 0 aliphatic carbocycles. The summed E-state index contributed by atoms with van der Waals surface area (Å²) in [6.45, 7) is 0. The van der Waals surface area contributed by atoms with Crippen molar-refractivity contribution in [2.45, 2.75) is 6.42 Å². The van der Waals surface area contributed by atoms with Crippen LogP contribution in [0.2, 0.25) is 0 Å². The molecule has 0 aliphatic rings. The normalized spacial score (nSPS) is 11.9. The number of fused-ring (bicyclic) bond motifs is 3. The first kappa shape index (κ1) is 33.4. The monoisotopic (exact) mass is 658 g/mol. The molecule has 0 bridgehead atoms. The van der Waals surface area contributed by atoms with Crippen LogP contribution in [0.1, 0.15) is 16.7 Å². The molecule has 0 fully saturated rings. The lowest BCUT2D eigenvalue weighted by molar-refractivity contribution is 1.10. The number of hydrogen-bond acceptors (Lipinski definition) is 1. The summed E-state index contributed by atoms with van der Waals surface area (Å²) in [5.74, 6) is 3.86. The van der Waals surface area contributed by atoms with Gasteiger partial charge in [-0.2, -0.15) is 0 Å². The number of benzene rings is 7. The van der Waals surface area contributed by atoms with Crippen LogP contribution in [0, 0.1) is 12.3 Å². The predicted octanol–water partition coefficient (Wildman–Crippen LogP) is 1.86. The molecule has 8 rings (SSSR count). The fourth-order valence-corrected chi connectivity index (χ4v) is 8.18. The largest absolute Gasteiger partial charge is 0.292 e. The standard InChI is InChI=1S/C44H36B6N2/c1-2-34(45)40(47)38-33(39(46)42(49)43(50)41(38)48)24-32-28-17-6-8-19-30(28)37(31-20-9-7-18-29(31)32)25-13-12-14-26(23-25)44-51-35-21-10-11-22-36(35)52(44)27-15-4-3-5-16-27/h1,3-23H,24,45-50H2/b40-34-. The molecule has 0 N–H and O–H groups in total. The highest BCUT2D eigenvalue weighted by Gasteiger charge is 2.22. The second kappa shape index (κ2) is 13.4. The van der Waals surface area contributed by atoms with Crippen LogP contribution in [-0.2, 0) is 6.42 Å². The zero-order valence-corrected chi connectivity index (χ0v) is 30.8.